The van der Waals surface area contributed by atoms with E-state index in [2.05, 4.69) is 15.1 Å². The minimum Gasteiger partial charge on any atom is -0.358 e. The van der Waals surface area contributed by atoms with Crippen molar-refractivity contribution in [3.8, 4) is 0 Å². The fourth-order valence-corrected chi connectivity index (χ4v) is 1.31. The molecule has 0 bridgehead atoms. The molecule has 52 valence electrons. The summed E-state index contributed by atoms with van der Waals surface area (Å²) in [7, 11) is 0. The number of rotatable bonds is 1. The van der Waals surface area contributed by atoms with E-state index in [1.54, 1.807) is 5.49 Å². The van der Waals surface area contributed by atoms with E-state index >= 15 is 0 Å². The lowest BCUT2D eigenvalue weighted by atomic mass is 10.3. The summed E-state index contributed by atoms with van der Waals surface area (Å²) in [6.45, 7) is 1.80. The molecular formula is C6H7N3S. The summed E-state index contributed by atoms with van der Waals surface area (Å²) in [4.78, 5) is 2.07. The number of aromatic nitrogens is 2. The van der Waals surface area contributed by atoms with E-state index in [0.29, 0.717) is 0 Å². The van der Waals surface area contributed by atoms with Crippen molar-refractivity contribution in [2.75, 3.05) is 0 Å². The van der Waals surface area contributed by atoms with Crippen molar-refractivity contribution in [1.82, 2.24) is 15.1 Å². The molecule has 10 heavy (non-hydrogen) atoms. The Morgan fingerprint density at radius 3 is 3.30 bits per heavy atom. The van der Waals surface area contributed by atoms with E-state index in [1.165, 1.54) is 11.3 Å². The van der Waals surface area contributed by atoms with Gasteiger partial charge in [-0.15, -0.1) is 0 Å². The molecule has 1 aliphatic heterocycles. The third-order valence-electron chi connectivity index (χ3n) is 1.69. The quantitative estimate of drug-likeness (QED) is 0.602. The highest BCUT2D eigenvalue weighted by molar-refractivity contribution is 7.78. The average molecular weight is 153 g/mol. The van der Waals surface area contributed by atoms with E-state index in [0.717, 1.165) is 13.1 Å². The Morgan fingerprint density at radius 1 is 1.70 bits per heavy atom. The molecule has 0 fully saturated rings. The number of hydrogen-bond donors (Lipinski definition) is 1. The zero-order valence-electron chi connectivity index (χ0n) is 5.37. The summed E-state index contributed by atoms with van der Waals surface area (Å²) in [5, 5.41) is 6.84. The molecule has 3 nitrogen and oxygen atoms in total. The molecule has 1 N–H and O–H groups in total. The molecule has 0 unspecified atom stereocenters. The number of H-pyrrole nitrogens is 1. The van der Waals surface area contributed by atoms with Gasteiger partial charge in [0.15, 0.2) is 0 Å². The number of nitrogens with one attached hydrogen (secondary N) is 1. The first-order valence-corrected chi connectivity index (χ1v) is 3.58. The van der Waals surface area contributed by atoms with Crippen LogP contribution in [-0.2, 0) is 13.1 Å². The molecule has 0 atom stereocenters. The predicted molar refractivity (Wildman–Crippen MR) is 41.5 cm³/mol. The van der Waals surface area contributed by atoms with Gasteiger partial charge in [0.05, 0.1) is 23.9 Å². The van der Waals surface area contributed by atoms with Gasteiger partial charge in [-0.25, -0.2) is 0 Å². The highest BCUT2D eigenvalue weighted by Crippen LogP contribution is 2.17. The zero-order valence-corrected chi connectivity index (χ0v) is 6.19. The Hall–Kier alpha value is -0.900. The lowest BCUT2D eigenvalue weighted by molar-refractivity contribution is 0.461. The van der Waals surface area contributed by atoms with Crippen molar-refractivity contribution in [3.63, 3.8) is 0 Å². The molecule has 0 aromatic carbocycles. The SMILES string of the molecule is S=CN1Cc2cn[nH]c2C1. The summed E-state index contributed by atoms with van der Waals surface area (Å²) < 4.78 is 0. The van der Waals surface area contributed by atoms with Crippen molar-refractivity contribution < 1.29 is 0 Å². The topological polar surface area (TPSA) is 31.9 Å². The second-order valence-corrected chi connectivity index (χ2v) is 2.60. The van der Waals surface area contributed by atoms with Crippen LogP contribution in [0.5, 0.6) is 0 Å². The van der Waals surface area contributed by atoms with Gasteiger partial charge in [-0.1, -0.05) is 12.2 Å². The Balaban J connectivity index is 2.28. The number of nitrogens with zero attached hydrogens (tertiary/aromatic N) is 2. The Labute approximate surface area is 64.0 Å². The van der Waals surface area contributed by atoms with E-state index < -0.39 is 0 Å². The van der Waals surface area contributed by atoms with Crippen LogP contribution in [0.2, 0.25) is 0 Å². The van der Waals surface area contributed by atoms with Crippen molar-refractivity contribution >= 4 is 17.7 Å². The molecule has 0 aliphatic carbocycles. The van der Waals surface area contributed by atoms with E-state index in [9.17, 15) is 0 Å². The average Bonchev–Trinajstić information content (AvgIpc) is 2.42. The first-order chi connectivity index (χ1) is 4.90. The van der Waals surface area contributed by atoms with Crippen LogP contribution in [0.25, 0.3) is 0 Å². The number of thiocarbonyl (C=S) groups is 1. The van der Waals surface area contributed by atoms with Crippen LogP contribution in [0.15, 0.2) is 6.20 Å². The van der Waals surface area contributed by atoms with Gasteiger partial charge in [-0.3, -0.25) is 5.10 Å². The van der Waals surface area contributed by atoms with Crippen LogP contribution in [0.3, 0.4) is 0 Å². The van der Waals surface area contributed by atoms with Crippen LogP contribution in [0.1, 0.15) is 11.3 Å². The van der Waals surface area contributed by atoms with Gasteiger partial charge in [0.1, 0.15) is 0 Å². The van der Waals surface area contributed by atoms with Crippen molar-refractivity contribution in [2.45, 2.75) is 13.1 Å². The molecule has 1 aromatic rings. The van der Waals surface area contributed by atoms with Crippen LogP contribution in [-0.4, -0.2) is 20.6 Å². The smallest absolute Gasteiger partial charge is 0.0647 e. The highest BCUT2D eigenvalue weighted by Gasteiger charge is 2.16. The molecule has 1 aliphatic rings. The zero-order chi connectivity index (χ0) is 6.97. The maximum Gasteiger partial charge on any atom is 0.0647 e. The first-order valence-electron chi connectivity index (χ1n) is 3.10. The molecule has 0 amide bonds. The highest BCUT2D eigenvalue weighted by atomic mass is 32.1. The van der Waals surface area contributed by atoms with E-state index in [-0.39, 0.29) is 0 Å². The summed E-state index contributed by atoms with van der Waals surface area (Å²) >= 11 is 4.79. The molecule has 2 rings (SSSR count). The maximum absolute atomic E-state index is 4.79. The Kier molecular flexibility index (Phi) is 1.20. The lowest BCUT2D eigenvalue weighted by Crippen LogP contribution is -2.12. The van der Waals surface area contributed by atoms with Crippen molar-refractivity contribution in [1.29, 1.82) is 0 Å². The molecule has 0 saturated heterocycles. The van der Waals surface area contributed by atoms with Gasteiger partial charge in [0, 0.05) is 12.1 Å². The molecule has 4 heteroatoms. The molecule has 0 spiro atoms. The molecular weight excluding hydrogens is 146 g/mol. The molecule has 1 aromatic heterocycles. The number of hydrogen-bond acceptors (Lipinski definition) is 2. The van der Waals surface area contributed by atoms with Crippen LogP contribution in [0, 0.1) is 0 Å². The van der Waals surface area contributed by atoms with Gasteiger partial charge in [-0.05, 0) is 0 Å². The fourth-order valence-electron chi connectivity index (χ4n) is 1.16. The van der Waals surface area contributed by atoms with Crippen LogP contribution < -0.4 is 0 Å². The van der Waals surface area contributed by atoms with Crippen molar-refractivity contribution in [2.24, 2.45) is 0 Å². The predicted octanol–water partition coefficient (Wildman–Crippen LogP) is 0.682. The largest absolute Gasteiger partial charge is 0.358 e. The van der Waals surface area contributed by atoms with E-state index in [1.807, 2.05) is 6.20 Å². The minimum atomic E-state index is 0.888. The number of aromatic amines is 1. The third kappa shape index (κ3) is 0.724. The van der Waals surface area contributed by atoms with Crippen LogP contribution in [0.4, 0.5) is 0 Å². The summed E-state index contributed by atoms with van der Waals surface area (Å²) in [6, 6.07) is 0. The molecule has 0 radical (unpaired) electrons. The summed E-state index contributed by atoms with van der Waals surface area (Å²) in [6.07, 6.45) is 1.86. The third-order valence-corrected chi connectivity index (χ3v) is 1.99. The number of fused-ring (bicyclic) bond motifs is 1. The first kappa shape index (κ1) is 5.85. The lowest BCUT2D eigenvalue weighted by Gasteiger charge is -2.07. The van der Waals surface area contributed by atoms with Gasteiger partial charge < -0.3 is 4.90 Å². The monoisotopic (exact) mass is 153 g/mol. The Bertz CT molecular complexity index is 235. The van der Waals surface area contributed by atoms with Gasteiger partial charge in [0.25, 0.3) is 0 Å². The second kappa shape index (κ2) is 2.05. The minimum absolute atomic E-state index is 0.888. The van der Waals surface area contributed by atoms with Gasteiger partial charge in [0.2, 0.25) is 0 Å². The molecule has 2 heterocycles. The van der Waals surface area contributed by atoms with E-state index in [4.69, 9.17) is 12.2 Å². The summed E-state index contributed by atoms with van der Waals surface area (Å²) in [5.41, 5.74) is 4.15. The second-order valence-electron chi connectivity index (χ2n) is 2.38. The molecule has 0 saturated carbocycles. The maximum atomic E-state index is 4.79. The normalized spacial score (nSPS) is 15.4. The van der Waals surface area contributed by atoms with Gasteiger partial charge in [-0.2, -0.15) is 5.10 Å². The van der Waals surface area contributed by atoms with Gasteiger partial charge >= 0.3 is 0 Å². The van der Waals surface area contributed by atoms with Crippen LogP contribution >= 0.6 is 12.2 Å². The summed E-state index contributed by atoms with van der Waals surface area (Å²) in [5.74, 6) is 0. The fraction of sp³-hybridized carbons (Fsp3) is 0.333. The standard InChI is InChI=1S/C6H7N3S/c10-4-9-2-5-1-7-8-6(5)3-9/h1,4H,2-3H2,(H,7,8). The van der Waals surface area contributed by atoms with Crippen molar-refractivity contribution in [3.05, 3.63) is 17.5 Å². The Morgan fingerprint density at radius 2 is 2.60 bits per heavy atom.